The van der Waals surface area contributed by atoms with E-state index in [4.69, 9.17) is 10.2 Å². The number of carbonyl (C=O) groups excluding carboxylic acids is 1. The van der Waals surface area contributed by atoms with Crippen molar-refractivity contribution in [2.75, 3.05) is 6.54 Å². The van der Waals surface area contributed by atoms with Crippen molar-refractivity contribution in [3.05, 3.63) is 23.7 Å². The van der Waals surface area contributed by atoms with E-state index in [0.29, 0.717) is 24.0 Å². The molecule has 1 aromatic rings. The van der Waals surface area contributed by atoms with Crippen LogP contribution in [0, 0.1) is 5.92 Å². The number of nitrogens with two attached hydrogens (primary N) is 1. The lowest BCUT2D eigenvalue weighted by molar-refractivity contribution is 0.0661. The topological polar surface area (TPSA) is 59.5 Å². The predicted octanol–water partition coefficient (Wildman–Crippen LogP) is 2.00. The van der Waals surface area contributed by atoms with E-state index >= 15 is 0 Å². The Morgan fingerprint density at radius 1 is 1.53 bits per heavy atom. The molecule has 0 bridgehead atoms. The maximum absolute atomic E-state index is 12.3. The van der Waals surface area contributed by atoms with Crippen LogP contribution < -0.4 is 5.73 Å². The van der Waals surface area contributed by atoms with Gasteiger partial charge in [-0.3, -0.25) is 4.79 Å². The van der Waals surface area contributed by atoms with Crippen molar-refractivity contribution in [3.63, 3.8) is 0 Å². The summed E-state index contributed by atoms with van der Waals surface area (Å²) in [6, 6.07) is 3.69. The minimum absolute atomic E-state index is 0.0217. The van der Waals surface area contributed by atoms with E-state index in [9.17, 15) is 4.79 Å². The Labute approximate surface area is 102 Å². The summed E-state index contributed by atoms with van der Waals surface area (Å²) in [7, 11) is 0. The number of hydrogen-bond acceptors (Lipinski definition) is 3. The Hall–Kier alpha value is -1.29. The first-order valence-corrected chi connectivity index (χ1v) is 6.21. The van der Waals surface area contributed by atoms with E-state index in [-0.39, 0.29) is 11.9 Å². The van der Waals surface area contributed by atoms with Crippen LogP contribution in [0.25, 0.3) is 0 Å². The van der Waals surface area contributed by atoms with Gasteiger partial charge in [0.05, 0.1) is 6.54 Å². The van der Waals surface area contributed by atoms with Gasteiger partial charge >= 0.3 is 0 Å². The number of amides is 1. The molecule has 1 aliphatic carbocycles. The van der Waals surface area contributed by atoms with Gasteiger partial charge in [0, 0.05) is 12.6 Å². The average molecular weight is 236 g/mol. The lowest BCUT2D eigenvalue weighted by atomic mass is 10.2. The minimum atomic E-state index is -0.0217. The van der Waals surface area contributed by atoms with Crippen molar-refractivity contribution in [1.29, 1.82) is 0 Å². The average Bonchev–Trinajstić information content (AvgIpc) is 2.99. The highest BCUT2D eigenvalue weighted by Gasteiger charge is 2.29. The molecule has 17 heavy (non-hydrogen) atoms. The van der Waals surface area contributed by atoms with Gasteiger partial charge in [0.1, 0.15) is 5.76 Å². The molecule has 1 aliphatic rings. The molecule has 0 saturated heterocycles. The Bertz CT molecular complexity index is 394. The van der Waals surface area contributed by atoms with Gasteiger partial charge in [-0.25, -0.2) is 0 Å². The Balaban J connectivity index is 2.08. The van der Waals surface area contributed by atoms with E-state index in [1.165, 1.54) is 12.8 Å². The van der Waals surface area contributed by atoms with Crippen LogP contribution in [-0.4, -0.2) is 23.4 Å². The molecule has 1 fully saturated rings. The predicted molar refractivity (Wildman–Crippen MR) is 65.5 cm³/mol. The van der Waals surface area contributed by atoms with Crippen molar-refractivity contribution in [2.24, 2.45) is 11.7 Å². The first-order valence-electron chi connectivity index (χ1n) is 6.21. The number of furan rings is 1. The van der Waals surface area contributed by atoms with Crippen LogP contribution >= 0.6 is 0 Å². The molecule has 2 N–H and O–H groups in total. The van der Waals surface area contributed by atoms with Gasteiger partial charge in [0.25, 0.3) is 5.91 Å². The van der Waals surface area contributed by atoms with Crippen molar-refractivity contribution < 1.29 is 9.21 Å². The zero-order chi connectivity index (χ0) is 12.4. The van der Waals surface area contributed by atoms with Gasteiger partial charge in [-0.05, 0) is 44.7 Å². The van der Waals surface area contributed by atoms with E-state index in [0.717, 1.165) is 6.54 Å². The number of carbonyl (C=O) groups is 1. The second kappa shape index (κ2) is 4.92. The van der Waals surface area contributed by atoms with Gasteiger partial charge in [0.15, 0.2) is 5.76 Å². The molecule has 0 atom stereocenters. The maximum Gasteiger partial charge on any atom is 0.289 e. The van der Waals surface area contributed by atoms with Gasteiger partial charge < -0.3 is 15.1 Å². The lowest BCUT2D eigenvalue weighted by Gasteiger charge is -2.25. The fourth-order valence-corrected chi connectivity index (χ4v) is 1.85. The van der Waals surface area contributed by atoms with Crippen LogP contribution in [0.5, 0.6) is 0 Å². The summed E-state index contributed by atoms with van der Waals surface area (Å²) in [5, 5.41) is 0. The molecular formula is C13H20N2O2. The summed E-state index contributed by atoms with van der Waals surface area (Å²) in [5.41, 5.74) is 5.47. The highest BCUT2D eigenvalue weighted by atomic mass is 16.4. The molecule has 1 heterocycles. The molecule has 94 valence electrons. The zero-order valence-electron chi connectivity index (χ0n) is 10.5. The molecule has 0 aromatic carbocycles. The van der Waals surface area contributed by atoms with Crippen molar-refractivity contribution in [3.8, 4) is 0 Å². The molecule has 0 unspecified atom stereocenters. The molecule has 1 aromatic heterocycles. The van der Waals surface area contributed by atoms with Crippen molar-refractivity contribution >= 4 is 5.91 Å². The molecule has 0 aliphatic heterocycles. The van der Waals surface area contributed by atoms with Crippen LogP contribution in [0.2, 0.25) is 0 Å². The summed E-state index contributed by atoms with van der Waals surface area (Å²) < 4.78 is 5.41. The molecule has 1 amide bonds. The van der Waals surface area contributed by atoms with Gasteiger partial charge in [-0.2, -0.15) is 0 Å². The smallest absolute Gasteiger partial charge is 0.289 e. The third-order valence-corrected chi connectivity index (χ3v) is 3.11. The number of hydrogen-bond donors (Lipinski definition) is 1. The summed E-state index contributed by atoms with van der Waals surface area (Å²) >= 11 is 0. The van der Waals surface area contributed by atoms with Crippen molar-refractivity contribution in [1.82, 2.24) is 4.90 Å². The molecule has 1 saturated carbocycles. The second-order valence-electron chi connectivity index (χ2n) is 4.96. The third kappa shape index (κ3) is 2.88. The highest BCUT2D eigenvalue weighted by Crippen LogP contribution is 2.30. The fraction of sp³-hybridized carbons (Fsp3) is 0.615. The number of nitrogens with zero attached hydrogens (tertiary/aromatic N) is 1. The van der Waals surface area contributed by atoms with Crippen LogP contribution in [0.1, 0.15) is 43.0 Å². The lowest BCUT2D eigenvalue weighted by Crippen LogP contribution is -2.38. The van der Waals surface area contributed by atoms with Gasteiger partial charge in [-0.15, -0.1) is 0 Å². The molecule has 2 rings (SSSR count). The monoisotopic (exact) mass is 236 g/mol. The first kappa shape index (κ1) is 12.2. The molecule has 0 spiro atoms. The van der Waals surface area contributed by atoms with Crippen LogP contribution in [-0.2, 0) is 6.54 Å². The highest BCUT2D eigenvalue weighted by molar-refractivity contribution is 5.91. The summed E-state index contributed by atoms with van der Waals surface area (Å²) in [6.45, 7) is 5.24. The van der Waals surface area contributed by atoms with Gasteiger partial charge in [0.2, 0.25) is 0 Å². The maximum atomic E-state index is 12.3. The zero-order valence-corrected chi connectivity index (χ0v) is 10.5. The quantitative estimate of drug-likeness (QED) is 0.850. The molecular weight excluding hydrogens is 216 g/mol. The minimum Gasteiger partial charge on any atom is -0.455 e. The Kier molecular flexibility index (Phi) is 3.52. The second-order valence-corrected chi connectivity index (χ2v) is 4.96. The number of rotatable bonds is 5. The largest absolute Gasteiger partial charge is 0.455 e. The van der Waals surface area contributed by atoms with Crippen LogP contribution in [0.4, 0.5) is 0 Å². The first-order chi connectivity index (χ1) is 8.11. The van der Waals surface area contributed by atoms with Crippen LogP contribution in [0.3, 0.4) is 0 Å². The molecule has 0 radical (unpaired) electrons. The summed E-state index contributed by atoms with van der Waals surface area (Å²) in [5.74, 6) is 1.72. The Morgan fingerprint density at radius 2 is 2.24 bits per heavy atom. The molecule has 4 heteroatoms. The Morgan fingerprint density at radius 3 is 2.71 bits per heavy atom. The van der Waals surface area contributed by atoms with E-state index < -0.39 is 0 Å². The van der Waals surface area contributed by atoms with Gasteiger partial charge in [-0.1, -0.05) is 0 Å². The third-order valence-electron chi connectivity index (χ3n) is 3.11. The fourth-order valence-electron chi connectivity index (χ4n) is 1.85. The summed E-state index contributed by atoms with van der Waals surface area (Å²) in [6.07, 6.45) is 2.48. The standard InChI is InChI=1S/C13H20N2O2/c1-9(2)15(8-10-3-4-10)13(16)12-6-5-11(7-14)17-12/h5-6,9-10H,3-4,7-8,14H2,1-2H3. The van der Waals surface area contributed by atoms with E-state index in [1.807, 2.05) is 18.7 Å². The van der Waals surface area contributed by atoms with Crippen LogP contribution in [0.15, 0.2) is 16.5 Å². The normalized spacial score (nSPS) is 15.3. The van der Waals surface area contributed by atoms with E-state index in [1.54, 1.807) is 12.1 Å². The molecule has 4 nitrogen and oxygen atoms in total. The summed E-state index contributed by atoms with van der Waals surface area (Å²) in [4.78, 5) is 14.2. The SMILES string of the molecule is CC(C)N(CC1CC1)C(=O)c1ccc(CN)o1. The van der Waals surface area contributed by atoms with Crippen molar-refractivity contribution in [2.45, 2.75) is 39.3 Å². The van der Waals surface area contributed by atoms with E-state index in [2.05, 4.69) is 0 Å².